The fourth-order valence-electron chi connectivity index (χ4n) is 1.82. The van der Waals surface area contributed by atoms with Gasteiger partial charge in [-0.2, -0.15) is 0 Å². The standard InChI is InChI=1S/C15H13F2NO2S/c1-20-15(19)14-9(3-2-4-13(14)18)8-21-10-5-6-11(16)12(17)7-10/h2-7H,8,18H2,1H3. The molecule has 0 aliphatic carbocycles. The topological polar surface area (TPSA) is 52.3 Å². The van der Waals surface area contributed by atoms with Crippen LogP contribution in [0.1, 0.15) is 15.9 Å². The lowest BCUT2D eigenvalue weighted by molar-refractivity contribution is 0.0601. The molecular formula is C15H13F2NO2S. The Balaban J connectivity index is 2.22. The largest absolute Gasteiger partial charge is 0.465 e. The molecule has 0 aliphatic heterocycles. The number of nitrogen functional groups attached to an aromatic ring is 1. The SMILES string of the molecule is COC(=O)c1c(N)cccc1CSc1ccc(F)c(F)c1. The fraction of sp³-hybridized carbons (Fsp3) is 0.133. The summed E-state index contributed by atoms with van der Waals surface area (Å²) in [7, 11) is 1.28. The second-order valence-corrected chi connectivity index (χ2v) is 5.29. The first-order chi connectivity index (χ1) is 10.0. The highest BCUT2D eigenvalue weighted by atomic mass is 32.2. The Labute approximate surface area is 125 Å². The van der Waals surface area contributed by atoms with Gasteiger partial charge >= 0.3 is 5.97 Å². The first kappa shape index (κ1) is 15.3. The van der Waals surface area contributed by atoms with E-state index < -0.39 is 17.6 Å². The molecule has 0 saturated heterocycles. The van der Waals surface area contributed by atoms with E-state index in [1.54, 1.807) is 18.2 Å². The van der Waals surface area contributed by atoms with Gasteiger partial charge in [0.05, 0.1) is 12.7 Å². The van der Waals surface area contributed by atoms with E-state index in [2.05, 4.69) is 0 Å². The highest BCUT2D eigenvalue weighted by molar-refractivity contribution is 7.98. The van der Waals surface area contributed by atoms with Gasteiger partial charge in [0.15, 0.2) is 11.6 Å². The first-order valence-electron chi connectivity index (χ1n) is 6.06. The van der Waals surface area contributed by atoms with Crippen LogP contribution in [0.3, 0.4) is 0 Å². The van der Waals surface area contributed by atoms with Crippen LogP contribution in [0.25, 0.3) is 0 Å². The van der Waals surface area contributed by atoms with Crippen LogP contribution >= 0.6 is 11.8 Å². The van der Waals surface area contributed by atoms with Gasteiger partial charge in [-0.1, -0.05) is 12.1 Å². The van der Waals surface area contributed by atoms with Crippen LogP contribution < -0.4 is 5.73 Å². The zero-order valence-corrected chi connectivity index (χ0v) is 12.0. The molecular weight excluding hydrogens is 296 g/mol. The minimum Gasteiger partial charge on any atom is -0.465 e. The predicted octanol–water partition coefficient (Wildman–Crippen LogP) is 3.63. The molecule has 0 unspecified atom stereocenters. The summed E-state index contributed by atoms with van der Waals surface area (Å²) >= 11 is 1.28. The summed E-state index contributed by atoms with van der Waals surface area (Å²) in [6.45, 7) is 0. The zero-order valence-electron chi connectivity index (χ0n) is 11.2. The molecule has 0 fully saturated rings. The minimum absolute atomic E-state index is 0.301. The van der Waals surface area contributed by atoms with Crippen LogP contribution in [0.15, 0.2) is 41.3 Å². The third-order valence-electron chi connectivity index (χ3n) is 2.86. The molecule has 0 atom stereocenters. The van der Waals surface area contributed by atoms with Gasteiger partial charge in [0.25, 0.3) is 0 Å². The molecule has 0 radical (unpaired) electrons. The van der Waals surface area contributed by atoms with Crippen molar-refractivity contribution in [3.63, 3.8) is 0 Å². The number of hydrogen-bond donors (Lipinski definition) is 1. The third-order valence-corrected chi connectivity index (χ3v) is 3.90. The minimum atomic E-state index is -0.902. The highest BCUT2D eigenvalue weighted by Crippen LogP contribution is 2.28. The highest BCUT2D eigenvalue weighted by Gasteiger charge is 2.15. The molecule has 0 saturated carbocycles. The number of halogens is 2. The maximum Gasteiger partial charge on any atom is 0.340 e. The van der Waals surface area contributed by atoms with Gasteiger partial charge in [-0.25, -0.2) is 13.6 Å². The number of ether oxygens (including phenoxy) is 1. The van der Waals surface area contributed by atoms with Gasteiger partial charge in [0.1, 0.15) is 0 Å². The number of anilines is 1. The van der Waals surface area contributed by atoms with Crippen molar-refractivity contribution in [1.82, 2.24) is 0 Å². The number of methoxy groups -OCH3 is 1. The van der Waals surface area contributed by atoms with E-state index in [0.29, 0.717) is 27.5 Å². The predicted molar refractivity (Wildman–Crippen MR) is 78.1 cm³/mol. The van der Waals surface area contributed by atoms with E-state index in [1.165, 1.54) is 24.9 Å². The Morgan fingerprint density at radius 1 is 1.24 bits per heavy atom. The summed E-state index contributed by atoms with van der Waals surface area (Å²) in [6.07, 6.45) is 0. The number of nitrogens with two attached hydrogens (primary N) is 1. The molecule has 0 heterocycles. The zero-order chi connectivity index (χ0) is 15.4. The molecule has 2 rings (SSSR count). The second-order valence-electron chi connectivity index (χ2n) is 4.24. The maximum atomic E-state index is 13.1. The summed E-state index contributed by atoms with van der Waals surface area (Å²) in [5, 5.41) is 0. The van der Waals surface area contributed by atoms with Crippen molar-refractivity contribution in [3.05, 3.63) is 59.2 Å². The Kier molecular flexibility index (Phi) is 4.80. The number of rotatable bonds is 4. The molecule has 0 bridgehead atoms. The van der Waals surface area contributed by atoms with Crippen LogP contribution in [-0.2, 0) is 10.5 Å². The molecule has 21 heavy (non-hydrogen) atoms. The summed E-state index contributed by atoms with van der Waals surface area (Å²) in [5.41, 5.74) is 7.09. The lowest BCUT2D eigenvalue weighted by Gasteiger charge is -2.10. The van der Waals surface area contributed by atoms with E-state index in [-0.39, 0.29) is 0 Å². The van der Waals surface area contributed by atoms with Crippen molar-refractivity contribution < 1.29 is 18.3 Å². The molecule has 2 aromatic rings. The average Bonchev–Trinajstić information content (AvgIpc) is 2.48. The number of thioether (sulfide) groups is 1. The number of benzene rings is 2. The van der Waals surface area contributed by atoms with Crippen LogP contribution in [0.4, 0.5) is 14.5 Å². The van der Waals surface area contributed by atoms with Crippen LogP contribution in [-0.4, -0.2) is 13.1 Å². The third kappa shape index (κ3) is 3.52. The van der Waals surface area contributed by atoms with Crippen molar-refractivity contribution in [1.29, 1.82) is 0 Å². The summed E-state index contributed by atoms with van der Waals surface area (Å²) in [6, 6.07) is 8.74. The van der Waals surface area contributed by atoms with Crippen molar-refractivity contribution in [2.75, 3.05) is 12.8 Å². The molecule has 0 spiro atoms. The Morgan fingerprint density at radius 2 is 2.00 bits per heavy atom. The van der Waals surface area contributed by atoms with E-state index >= 15 is 0 Å². The van der Waals surface area contributed by atoms with Crippen molar-refractivity contribution in [3.8, 4) is 0 Å². The Bertz CT molecular complexity index is 677. The monoisotopic (exact) mass is 309 g/mol. The van der Waals surface area contributed by atoms with Crippen LogP contribution in [0.5, 0.6) is 0 Å². The van der Waals surface area contributed by atoms with Crippen molar-refractivity contribution >= 4 is 23.4 Å². The summed E-state index contributed by atoms with van der Waals surface area (Å²) < 4.78 is 30.7. The van der Waals surface area contributed by atoms with Crippen molar-refractivity contribution in [2.24, 2.45) is 0 Å². The molecule has 2 aromatic carbocycles. The van der Waals surface area contributed by atoms with Gasteiger partial charge in [-0.15, -0.1) is 11.8 Å². The van der Waals surface area contributed by atoms with Gasteiger partial charge in [-0.3, -0.25) is 0 Å². The Hall–Kier alpha value is -2.08. The van der Waals surface area contributed by atoms with Crippen LogP contribution in [0.2, 0.25) is 0 Å². The first-order valence-corrected chi connectivity index (χ1v) is 7.05. The molecule has 0 amide bonds. The lowest BCUT2D eigenvalue weighted by Crippen LogP contribution is -2.09. The van der Waals surface area contributed by atoms with E-state index in [1.807, 2.05) is 0 Å². The average molecular weight is 309 g/mol. The molecule has 0 aliphatic rings. The molecule has 0 aromatic heterocycles. The summed E-state index contributed by atoms with van der Waals surface area (Å²) in [5.74, 6) is -1.92. The van der Waals surface area contributed by atoms with Gasteiger partial charge < -0.3 is 10.5 Å². The van der Waals surface area contributed by atoms with Gasteiger partial charge in [-0.05, 0) is 29.8 Å². The fourth-order valence-corrected chi connectivity index (χ4v) is 2.73. The van der Waals surface area contributed by atoms with E-state index in [4.69, 9.17) is 10.5 Å². The maximum absolute atomic E-state index is 13.1. The number of hydrogen-bond acceptors (Lipinski definition) is 4. The van der Waals surface area contributed by atoms with Gasteiger partial charge in [0, 0.05) is 16.3 Å². The summed E-state index contributed by atoms with van der Waals surface area (Å²) in [4.78, 5) is 12.3. The van der Waals surface area contributed by atoms with Crippen LogP contribution in [0, 0.1) is 11.6 Å². The molecule has 6 heteroatoms. The molecule has 110 valence electrons. The Morgan fingerprint density at radius 3 is 2.67 bits per heavy atom. The quantitative estimate of drug-likeness (QED) is 0.532. The number of esters is 1. The number of carbonyl (C=O) groups excluding carboxylic acids is 1. The van der Waals surface area contributed by atoms with Gasteiger partial charge in [0.2, 0.25) is 0 Å². The smallest absolute Gasteiger partial charge is 0.340 e. The van der Waals surface area contributed by atoms with Crippen molar-refractivity contribution in [2.45, 2.75) is 10.6 Å². The van der Waals surface area contributed by atoms with E-state index in [9.17, 15) is 13.6 Å². The normalized spacial score (nSPS) is 10.4. The van der Waals surface area contributed by atoms with E-state index in [0.717, 1.165) is 12.1 Å². The molecule has 2 N–H and O–H groups in total. The number of carbonyl (C=O) groups is 1. The lowest BCUT2D eigenvalue weighted by atomic mass is 10.1. The second kappa shape index (κ2) is 6.58. The molecule has 3 nitrogen and oxygen atoms in total.